The number of rotatable bonds is 5. The van der Waals surface area contributed by atoms with Gasteiger partial charge < -0.3 is 0 Å². The molecule has 0 bridgehead atoms. The van der Waals surface area contributed by atoms with Gasteiger partial charge in [0.2, 0.25) is 0 Å². The molecule has 4 aromatic heterocycles. The van der Waals surface area contributed by atoms with E-state index in [1.807, 2.05) is 49.1 Å². The van der Waals surface area contributed by atoms with Crippen molar-refractivity contribution in [3.05, 3.63) is 156 Å². The van der Waals surface area contributed by atoms with Crippen molar-refractivity contribution in [2.75, 3.05) is 0 Å². The molecule has 0 N–H and O–H groups in total. The fourth-order valence-electron chi connectivity index (χ4n) is 6.70. The Hall–Kier alpha value is -6.18. The lowest BCUT2D eigenvalue weighted by atomic mass is 9.92. The molecule has 9 rings (SSSR count). The molecule has 49 heavy (non-hydrogen) atoms. The lowest BCUT2D eigenvalue weighted by Crippen LogP contribution is -2.00. The average Bonchev–Trinajstić information content (AvgIpc) is 3.50. The Labute approximate surface area is 287 Å². The summed E-state index contributed by atoms with van der Waals surface area (Å²) < 4.78 is 2.21. The van der Waals surface area contributed by atoms with Crippen LogP contribution in [0.3, 0.4) is 0 Å². The molecule has 8 aromatic rings. The van der Waals surface area contributed by atoms with Crippen LogP contribution in [0.4, 0.5) is 0 Å². The van der Waals surface area contributed by atoms with Gasteiger partial charge in [-0.2, -0.15) is 0 Å². The average molecular weight is 649 g/mol. The van der Waals surface area contributed by atoms with Crippen LogP contribution in [0.25, 0.3) is 72.1 Å². The van der Waals surface area contributed by atoms with E-state index in [9.17, 15) is 0 Å². The van der Waals surface area contributed by atoms with Gasteiger partial charge in [0.15, 0.2) is 0 Å². The smallest absolute Gasteiger partial charge is 0.142 e. The number of pyridine rings is 3. The molecular formula is C42H28N6S. The number of hydrogen-bond donors (Lipinski definition) is 0. The van der Waals surface area contributed by atoms with Crippen molar-refractivity contribution in [1.29, 1.82) is 0 Å². The third kappa shape index (κ3) is 4.94. The summed E-state index contributed by atoms with van der Waals surface area (Å²) in [7, 11) is 0. The molecule has 0 aliphatic carbocycles. The van der Waals surface area contributed by atoms with E-state index in [1.54, 1.807) is 11.8 Å². The molecule has 7 heteroatoms. The number of aliphatic imine (C=N–C) groups is 1. The first kappa shape index (κ1) is 29.0. The minimum atomic E-state index is 0.756. The van der Waals surface area contributed by atoms with Crippen LogP contribution in [0.1, 0.15) is 18.3 Å². The monoisotopic (exact) mass is 648 g/mol. The number of allylic oxidation sites excluding steroid dienone is 2. The van der Waals surface area contributed by atoms with Crippen LogP contribution in [0.15, 0.2) is 155 Å². The van der Waals surface area contributed by atoms with E-state index < -0.39 is 0 Å². The summed E-state index contributed by atoms with van der Waals surface area (Å²) in [4.78, 5) is 25.9. The first-order chi connectivity index (χ1) is 24.2. The molecule has 0 saturated carbocycles. The maximum atomic E-state index is 5.09. The highest BCUT2D eigenvalue weighted by molar-refractivity contribution is 8.03. The molecule has 6 nitrogen and oxygen atoms in total. The summed E-state index contributed by atoms with van der Waals surface area (Å²) in [5, 5.41) is 2.17. The number of benzene rings is 4. The van der Waals surface area contributed by atoms with Crippen molar-refractivity contribution in [2.24, 2.45) is 4.99 Å². The predicted molar refractivity (Wildman–Crippen MR) is 203 cm³/mol. The van der Waals surface area contributed by atoms with E-state index >= 15 is 0 Å². The van der Waals surface area contributed by atoms with Crippen LogP contribution in [0, 0.1) is 0 Å². The zero-order valence-corrected chi connectivity index (χ0v) is 27.4. The molecule has 232 valence electrons. The number of nitrogens with zero attached hydrogens (tertiary/aromatic N) is 6. The third-order valence-electron chi connectivity index (χ3n) is 9.04. The SMILES string of the molecule is C=N/C(=C\C1=C(C)c2nc3ccccc3n2-c2cnccc2S1)c1cc(-c2cccc3cccnc23)cc(-c2cccc3cccnc23)c1. The third-order valence-corrected chi connectivity index (χ3v) is 10.3. The molecule has 0 unspecified atom stereocenters. The predicted octanol–water partition coefficient (Wildman–Crippen LogP) is 10.4. The van der Waals surface area contributed by atoms with Crippen molar-refractivity contribution < 1.29 is 0 Å². The first-order valence-corrected chi connectivity index (χ1v) is 16.8. The number of thioether (sulfide) groups is 1. The van der Waals surface area contributed by atoms with Crippen molar-refractivity contribution in [2.45, 2.75) is 11.8 Å². The molecule has 0 spiro atoms. The van der Waals surface area contributed by atoms with E-state index in [2.05, 4.69) is 119 Å². The minimum absolute atomic E-state index is 0.756. The number of imidazole rings is 1. The summed E-state index contributed by atoms with van der Waals surface area (Å²) in [6.45, 7) is 6.20. The van der Waals surface area contributed by atoms with Gasteiger partial charge in [-0.25, -0.2) is 4.98 Å². The Balaban J connectivity index is 1.28. The normalized spacial score (nSPS) is 13.0. The van der Waals surface area contributed by atoms with E-state index in [0.29, 0.717) is 0 Å². The van der Waals surface area contributed by atoms with Crippen molar-refractivity contribution in [3.63, 3.8) is 0 Å². The Morgan fingerprint density at radius 3 is 2.12 bits per heavy atom. The topological polar surface area (TPSA) is 68.8 Å². The van der Waals surface area contributed by atoms with E-state index in [-0.39, 0.29) is 0 Å². The highest BCUT2D eigenvalue weighted by Gasteiger charge is 2.23. The highest BCUT2D eigenvalue weighted by Crippen LogP contribution is 2.44. The van der Waals surface area contributed by atoms with Crippen LogP contribution < -0.4 is 0 Å². The summed E-state index contributed by atoms with van der Waals surface area (Å²) in [5.41, 5.74) is 11.8. The maximum Gasteiger partial charge on any atom is 0.142 e. The van der Waals surface area contributed by atoms with Crippen molar-refractivity contribution >= 4 is 62.6 Å². The zero-order valence-electron chi connectivity index (χ0n) is 26.6. The molecule has 1 aliphatic rings. The molecule has 0 fully saturated rings. The molecule has 4 aromatic carbocycles. The van der Waals surface area contributed by atoms with Gasteiger partial charge in [-0.1, -0.05) is 72.4 Å². The fourth-order valence-corrected chi connectivity index (χ4v) is 7.73. The van der Waals surface area contributed by atoms with Crippen molar-refractivity contribution in [1.82, 2.24) is 24.5 Å². The second kappa shape index (κ2) is 11.8. The van der Waals surface area contributed by atoms with Gasteiger partial charge in [-0.05, 0) is 79.4 Å². The van der Waals surface area contributed by atoms with Gasteiger partial charge in [0.1, 0.15) is 5.82 Å². The molecule has 1 aliphatic heterocycles. The Kier molecular flexibility index (Phi) is 6.99. The Bertz CT molecular complexity index is 2580. The van der Waals surface area contributed by atoms with Crippen LogP contribution in [0.2, 0.25) is 0 Å². The van der Waals surface area contributed by atoms with Crippen LogP contribution in [-0.4, -0.2) is 31.2 Å². The summed E-state index contributed by atoms with van der Waals surface area (Å²) in [5.74, 6) is 0.883. The largest absolute Gasteiger partial charge is 0.290 e. The van der Waals surface area contributed by atoms with Gasteiger partial charge in [0.25, 0.3) is 0 Å². The van der Waals surface area contributed by atoms with Crippen LogP contribution >= 0.6 is 11.8 Å². The van der Waals surface area contributed by atoms with E-state index in [0.717, 1.165) is 93.2 Å². The second-order valence-electron chi connectivity index (χ2n) is 11.9. The molecular weight excluding hydrogens is 621 g/mol. The van der Waals surface area contributed by atoms with Crippen molar-refractivity contribution in [3.8, 4) is 27.9 Å². The molecule has 0 saturated heterocycles. The minimum Gasteiger partial charge on any atom is -0.290 e. The van der Waals surface area contributed by atoms with Gasteiger partial charge in [-0.3, -0.25) is 24.5 Å². The molecule has 0 amide bonds. The van der Waals surface area contributed by atoms with Gasteiger partial charge in [-0.15, -0.1) is 0 Å². The molecule has 0 radical (unpaired) electrons. The fraction of sp³-hybridized carbons (Fsp3) is 0.0238. The highest BCUT2D eigenvalue weighted by atomic mass is 32.2. The first-order valence-electron chi connectivity index (χ1n) is 16.0. The van der Waals surface area contributed by atoms with Gasteiger partial charge >= 0.3 is 0 Å². The van der Waals surface area contributed by atoms with E-state index in [4.69, 9.17) is 15.0 Å². The maximum absolute atomic E-state index is 5.09. The summed E-state index contributed by atoms with van der Waals surface area (Å²) in [6.07, 6.45) is 9.59. The lowest BCUT2D eigenvalue weighted by molar-refractivity contribution is 1.01. The zero-order chi connectivity index (χ0) is 32.9. The number of para-hydroxylation sites is 4. The Morgan fingerprint density at radius 2 is 1.43 bits per heavy atom. The van der Waals surface area contributed by atoms with E-state index in [1.165, 1.54) is 0 Å². The number of fused-ring (bicyclic) bond motifs is 7. The standard InChI is InChI=1S/C42H28N6S/c1-26-39(49-38-17-20-44-25-37(38)48-36-16-4-3-15-34(36)47-42(26)48)24-35(43-2)31-22-29(32-13-5-9-27-11-7-18-45-40(27)32)21-30(23-31)33-14-6-10-28-12-8-19-46-41(28)33/h3-25H,2H2,1H3/b35-24-. The number of hydrogen-bond acceptors (Lipinski definition) is 6. The molecule has 0 atom stereocenters. The van der Waals surface area contributed by atoms with Gasteiger partial charge in [0, 0.05) is 61.4 Å². The molecule has 5 heterocycles. The summed E-state index contributed by atoms with van der Waals surface area (Å²) in [6, 6.07) is 37.7. The van der Waals surface area contributed by atoms with Crippen LogP contribution in [-0.2, 0) is 0 Å². The second-order valence-corrected chi connectivity index (χ2v) is 13.0. The number of aromatic nitrogens is 5. The van der Waals surface area contributed by atoms with Crippen LogP contribution in [0.5, 0.6) is 0 Å². The summed E-state index contributed by atoms with van der Waals surface area (Å²) >= 11 is 1.69. The lowest BCUT2D eigenvalue weighted by Gasteiger charge is -2.14. The Morgan fingerprint density at radius 1 is 0.755 bits per heavy atom. The van der Waals surface area contributed by atoms with Gasteiger partial charge in [0.05, 0.1) is 39.6 Å². The quantitative estimate of drug-likeness (QED) is 0.174.